The normalized spacial score (nSPS) is 13.0. The van der Waals surface area contributed by atoms with Crippen molar-refractivity contribution in [1.29, 1.82) is 0 Å². The second-order valence-corrected chi connectivity index (χ2v) is 14.1. The summed E-state index contributed by atoms with van der Waals surface area (Å²) in [5.41, 5.74) is 9.42. The molecule has 0 saturated carbocycles. The molecular formula is C45H43NO4S. The van der Waals surface area contributed by atoms with Gasteiger partial charge in [-0.1, -0.05) is 151 Å². The van der Waals surface area contributed by atoms with Gasteiger partial charge < -0.3 is 14.8 Å². The van der Waals surface area contributed by atoms with Gasteiger partial charge in [0.2, 0.25) is 0 Å². The fraction of sp³-hybridized carbons (Fsp3) is 0.200. The molecule has 0 unspecified atom stereocenters. The summed E-state index contributed by atoms with van der Waals surface area (Å²) in [5, 5.41) is 3.10. The minimum Gasteiger partial charge on any atom is -0.458 e. The molecule has 1 amide bonds. The number of carbonyl (C=O) groups excluding carboxylic acids is 2. The highest BCUT2D eigenvalue weighted by atomic mass is 32.2. The zero-order chi connectivity index (χ0) is 35.6. The van der Waals surface area contributed by atoms with Gasteiger partial charge in [-0.2, -0.15) is 0 Å². The number of rotatable bonds is 13. The molecule has 5 aromatic carbocycles. The molecule has 6 heteroatoms. The van der Waals surface area contributed by atoms with Gasteiger partial charge in [-0.3, -0.25) is 0 Å². The number of hydrogen-bond acceptors (Lipinski definition) is 5. The van der Waals surface area contributed by atoms with Gasteiger partial charge in [-0.25, -0.2) is 9.59 Å². The van der Waals surface area contributed by atoms with E-state index in [1.807, 2.05) is 62.4 Å². The van der Waals surface area contributed by atoms with Crippen LogP contribution < -0.4 is 5.32 Å². The Bertz CT molecular complexity index is 1860. The van der Waals surface area contributed by atoms with Crippen LogP contribution in [0.3, 0.4) is 0 Å². The van der Waals surface area contributed by atoms with Gasteiger partial charge in [0.1, 0.15) is 13.2 Å². The molecule has 0 heterocycles. The molecule has 1 aliphatic carbocycles. The van der Waals surface area contributed by atoms with Gasteiger partial charge in [0.15, 0.2) is 0 Å². The molecule has 0 bridgehead atoms. The summed E-state index contributed by atoms with van der Waals surface area (Å²) in [5.74, 6) is -0.0703. The summed E-state index contributed by atoms with van der Waals surface area (Å²) < 4.78 is 10.9. The van der Waals surface area contributed by atoms with Crippen LogP contribution in [0.1, 0.15) is 54.5 Å². The fourth-order valence-electron chi connectivity index (χ4n) is 6.67. The lowest BCUT2D eigenvalue weighted by Gasteiger charge is -2.36. The lowest BCUT2D eigenvalue weighted by molar-refractivity contribution is -0.137. The first-order valence-electron chi connectivity index (χ1n) is 17.3. The second kappa shape index (κ2) is 16.6. The molecule has 0 radical (unpaired) electrons. The molecule has 5 nitrogen and oxygen atoms in total. The number of hydrogen-bond donors (Lipinski definition) is 1. The predicted molar refractivity (Wildman–Crippen MR) is 208 cm³/mol. The maximum Gasteiger partial charge on any atom is 0.407 e. The molecule has 0 aliphatic heterocycles. The fourth-order valence-corrected chi connectivity index (χ4v) is 8.19. The monoisotopic (exact) mass is 693 g/mol. The van der Waals surface area contributed by atoms with Gasteiger partial charge in [-0.15, -0.1) is 11.8 Å². The van der Waals surface area contributed by atoms with E-state index >= 15 is 0 Å². The molecule has 0 spiro atoms. The summed E-state index contributed by atoms with van der Waals surface area (Å²) in [7, 11) is 0. The summed E-state index contributed by atoms with van der Waals surface area (Å²) in [6, 6.07) is 47.2. The molecule has 0 aromatic heterocycles. The van der Waals surface area contributed by atoms with Gasteiger partial charge in [-0.05, 0) is 65.8 Å². The van der Waals surface area contributed by atoms with Gasteiger partial charge in [0.05, 0.1) is 10.8 Å². The second-order valence-electron chi connectivity index (χ2n) is 12.9. The first-order chi connectivity index (χ1) is 24.9. The van der Waals surface area contributed by atoms with Crippen molar-refractivity contribution in [2.75, 3.05) is 19.0 Å². The number of esters is 1. The van der Waals surface area contributed by atoms with E-state index in [1.165, 1.54) is 11.1 Å². The summed E-state index contributed by atoms with van der Waals surface area (Å²) in [6.45, 7) is 6.02. The number of benzene rings is 5. The zero-order valence-electron chi connectivity index (χ0n) is 29.3. The summed E-state index contributed by atoms with van der Waals surface area (Å²) in [6.07, 6.45) is 3.10. The Morgan fingerprint density at radius 1 is 0.686 bits per heavy atom. The lowest BCUT2D eigenvalue weighted by atomic mass is 9.84. The Morgan fingerprint density at radius 3 is 1.65 bits per heavy atom. The molecule has 5 aromatic rings. The zero-order valence-corrected chi connectivity index (χ0v) is 30.1. The average Bonchev–Trinajstić information content (AvgIpc) is 3.48. The molecule has 1 aliphatic rings. The van der Waals surface area contributed by atoms with E-state index in [4.69, 9.17) is 9.47 Å². The van der Waals surface area contributed by atoms with Crippen molar-refractivity contribution in [2.24, 2.45) is 0 Å². The molecule has 1 atom stereocenters. The third-order valence-corrected chi connectivity index (χ3v) is 10.8. The maximum absolute atomic E-state index is 13.7. The Balaban J connectivity index is 1.29. The van der Waals surface area contributed by atoms with Crippen molar-refractivity contribution >= 4 is 23.8 Å². The Labute approximate surface area is 305 Å². The number of alkyl carbamates (subject to hydrolysis) is 1. The van der Waals surface area contributed by atoms with E-state index in [2.05, 4.69) is 102 Å². The maximum atomic E-state index is 13.7. The van der Waals surface area contributed by atoms with Crippen molar-refractivity contribution in [3.05, 3.63) is 191 Å². The van der Waals surface area contributed by atoms with E-state index in [-0.39, 0.29) is 19.1 Å². The van der Waals surface area contributed by atoms with Crippen LogP contribution >= 0.6 is 11.8 Å². The third kappa shape index (κ3) is 8.19. The molecular weight excluding hydrogens is 651 g/mol. The van der Waals surface area contributed by atoms with Crippen LogP contribution in [0.4, 0.5) is 4.79 Å². The molecule has 51 heavy (non-hydrogen) atoms. The van der Waals surface area contributed by atoms with Crippen molar-refractivity contribution in [3.63, 3.8) is 0 Å². The van der Waals surface area contributed by atoms with Gasteiger partial charge in [0, 0.05) is 17.2 Å². The minimum absolute atomic E-state index is 0.0693. The molecule has 6 rings (SSSR count). The van der Waals surface area contributed by atoms with Gasteiger partial charge in [0.25, 0.3) is 0 Å². The minimum atomic E-state index is -0.615. The molecule has 258 valence electrons. The Hall–Kier alpha value is -5.33. The van der Waals surface area contributed by atoms with E-state index in [9.17, 15) is 9.59 Å². The van der Waals surface area contributed by atoms with E-state index in [0.717, 1.165) is 33.4 Å². The van der Waals surface area contributed by atoms with Crippen LogP contribution in [0.15, 0.2) is 163 Å². The lowest BCUT2D eigenvalue weighted by Crippen LogP contribution is -2.38. The number of ether oxygens (including phenoxy) is 2. The number of fused-ring (bicyclic) bond motifs is 3. The standard InChI is InChI=1S/C45H43NO4S/c1-32(2)27-28-49-43(47)33(3)29-37(46-44(48)50-30-42-40-25-15-13-23-38(40)39-24-14-16-26-41(39)42)31-51-45(34-17-7-4-8-18-34,35-19-9-5-10-20-35)36-21-11-6-12-22-36/h4-27,29,37,42H,28,30-31H2,1-3H3,(H,46,48)/b33-29+/t37-/m0/s1. The van der Waals surface area contributed by atoms with E-state index in [1.54, 1.807) is 24.8 Å². The highest BCUT2D eigenvalue weighted by molar-refractivity contribution is 8.00. The van der Waals surface area contributed by atoms with Crippen molar-refractivity contribution < 1.29 is 19.1 Å². The van der Waals surface area contributed by atoms with Crippen LogP contribution in [0, 0.1) is 0 Å². The first-order valence-corrected chi connectivity index (χ1v) is 18.3. The van der Waals surface area contributed by atoms with Crippen LogP contribution in [-0.2, 0) is 19.0 Å². The number of amides is 1. The Morgan fingerprint density at radius 2 is 1.16 bits per heavy atom. The summed E-state index contributed by atoms with van der Waals surface area (Å²) >= 11 is 1.70. The van der Waals surface area contributed by atoms with Crippen molar-refractivity contribution in [1.82, 2.24) is 5.32 Å². The highest BCUT2D eigenvalue weighted by Gasteiger charge is 2.38. The predicted octanol–water partition coefficient (Wildman–Crippen LogP) is 10.1. The molecule has 0 saturated heterocycles. The molecule has 0 fully saturated rings. The number of thioether (sulfide) groups is 1. The quantitative estimate of drug-likeness (QED) is 0.0576. The summed E-state index contributed by atoms with van der Waals surface area (Å²) in [4.78, 5) is 26.7. The van der Waals surface area contributed by atoms with Crippen LogP contribution in [0.25, 0.3) is 11.1 Å². The topological polar surface area (TPSA) is 64.6 Å². The number of nitrogens with one attached hydrogen (secondary N) is 1. The highest BCUT2D eigenvalue weighted by Crippen LogP contribution is 2.49. The largest absolute Gasteiger partial charge is 0.458 e. The van der Waals surface area contributed by atoms with Crippen LogP contribution in [-0.4, -0.2) is 37.1 Å². The molecule has 1 N–H and O–H groups in total. The number of allylic oxidation sites excluding steroid dienone is 1. The average molecular weight is 694 g/mol. The van der Waals surface area contributed by atoms with Crippen LogP contribution in [0.5, 0.6) is 0 Å². The van der Waals surface area contributed by atoms with Crippen molar-refractivity contribution in [2.45, 2.75) is 37.5 Å². The van der Waals surface area contributed by atoms with Crippen molar-refractivity contribution in [3.8, 4) is 11.1 Å². The first kappa shape index (κ1) is 35.5. The Kier molecular flexibility index (Phi) is 11.5. The van der Waals surface area contributed by atoms with E-state index < -0.39 is 22.9 Å². The van der Waals surface area contributed by atoms with E-state index in [0.29, 0.717) is 11.3 Å². The smallest absolute Gasteiger partial charge is 0.407 e. The third-order valence-electron chi connectivity index (χ3n) is 9.15. The van der Waals surface area contributed by atoms with Crippen LogP contribution in [0.2, 0.25) is 0 Å². The van der Waals surface area contributed by atoms with Gasteiger partial charge >= 0.3 is 12.1 Å². The SMILES string of the molecule is CC(C)=CCOC(=O)/C(C)=C/[C@@H](CSC(c1ccccc1)(c1ccccc1)c1ccccc1)NC(=O)OCC1c2ccccc2-c2ccccc21. The number of carbonyl (C=O) groups is 2.